The van der Waals surface area contributed by atoms with Crippen molar-refractivity contribution in [2.24, 2.45) is 0 Å². The van der Waals surface area contributed by atoms with Gasteiger partial charge in [-0.2, -0.15) is 27.5 Å². The van der Waals surface area contributed by atoms with E-state index in [4.69, 9.17) is 13.1 Å². The van der Waals surface area contributed by atoms with Gasteiger partial charge in [-0.3, -0.25) is 9.97 Å². The predicted octanol–water partition coefficient (Wildman–Crippen LogP) is 4.75. The number of nitrogens with zero attached hydrogens (tertiary/aromatic N) is 10. The topological polar surface area (TPSA) is 134 Å². The molecule has 0 N–H and O–H groups in total. The van der Waals surface area contributed by atoms with Crippen LogP contribution in [0, 0.1) is 82.9 Å². The number of aromatic nitrogens is 6. The molecule has 18 heteroatoms. The minimum atomic E-state index is -1.95. The van der Waals surface area contributed by atoms with Crippen molar-refractivity contribution in [2.75, 3.05) is 0 Å². The van der Waals surface area contributed by atoms with Crippen LogP contribution in [0.5, 0.6) is 0 Å². The van der Waals surface area contributed by atoms with Crippen molar-refractivity contribution < 1.29 is 35.1 Å². The molecular weight excluding hydrogens is 676 g/mol. The summed E-state index contributed by atoms with van der Waals surface area (Å²) in [6, 6.07) is 3.51. The molecule has 10 nitrogen and oxygen atoms in total. The average Bonchev–Trinajstić information content (AvgIpc) is 3.66. The lowest BCUT2D eigenvalue weighted by molar-refractivity contribution is 0.410. The molecule has 7 rings (SSSR count). The number of pyridine rings is 2. The third-order valence-electron chi connectivity index (χ3n) is 7.97. The van der Waals surface area contributed by atoms with Crippen LogP contribution in [0.25, 0.3) is 66.1 Å². The van der Waals surface area contributed by atoms with E-state index in [2.05, 4.69) is 39.6 Å². The zero-order valence-electron chi connectivity index (χ0n) is 24.1. The van der Waals surface area contributed by atoms with Crippen molar-refractivity contribution in [3.63, 3.8) is 0 Å². The molecule has 0 fully saturated rings. The largest absolute Gasteiger partial charge is 0.270 e. The van der Waals surface area contributed by atoms with Crippen LogP contribution < -0.4 is 10.4 Å². The molecule has 50 heavy (non-hydrogen) atoms. The van der Waals surface area contributed by atoms with Gasteiger partial charge in [0.1, 0.15) is 0 Å². The van der Waals surface area contributed by atoms with E-state index in [-0.39, 0.29) is 68.3 Å². The standard InChI is InChI=1S/C32H6F8N10/c1-43-13(5-41)17-9-3-11-27(45-7-15(47-11)21-23(33)29(37)49-30(38)24(21)34)18(9)20(14(6-42)44-2)19-10(17)4-12-28(19)46-8-16(48-12)22-25(35)31(39)50-32(40)26(22)36/h7-8H,3-4H2. The summed E-state index contributed by atoms with van der Waals surface area (Å²) in [5.74, 6) is -15.2. The molecule has 0 bridgehead atoms. The van der Waals surface area contributed by atoms with Gasteiger partial charge in [-0.1, -0.05) is 0 Å². The number of hydrogen-bond donors (Lipinski definition) is 0. The third-order valence-corrected chi connectivity index (χ3v) is 7.97. The smallest absolute Gasteiger partial charge is 0.252 e. The number of fused-ring (bicyclic) bond motifs is 6. The summed E-state index contributed by atoms with van der Waals surface area (Å²) in [6.45, 7) is 15.4. The van der Waals surface area contributed by atoms with Crippen LogP contribution in [0.1, 0.15) is 22.5 Å². The fourth-order valence-electron chi connectivity index (χ4n) is 6.05. The Balaban J connectivity index is 1.56. The summed E-state index contributed by atoms with van der Waals surface area (Å²) in [6.07, 6.45) is 0.863. The Hall–Kier alpha value is -7.18. The molecule has 0 spiro atoms. The van der Waals surface area contributed by atoms with Gasteiger partial charge in [0.05, 0.1) is 83.0 Å². The Kier molecular flexibility index (Phi) is 7.05. The van der Waals surface area contributed by atoms with Gasteiger partial charge in [-0.25, -0.2) is 47.7 Å². The van der Waals surface area contributed by atoms with Gasteiger partial charge in [-0.05, 0) is 11.1 Å². The molecule has 240 valence electrons. The number of hydrogen-bond acceptors (Lipinski definition) is 8. The molecule has 0 atom stereocenters. The van der Waals surface area contributed by atoms with Crippen molar-refractivity contribution in [3.05, 3.63) is 115 Å². The quantitative estimate of drug-likeness (QED) is 0.145. The maximum atomic E-state index is 14.6. The highest BCUT2D eigenvalue weighted by Crippen LogP contribution is 2.40. The Morgan fingerprint density at radius 3 is 1.26 bits per heavy atom. The maximum Gasteiger partial charge on any atom is 0.270 e. The van der Waals surface area contributed by atoms with Crippen LogP contribution in [0.15, 0.2) is 12.4 Å². The van der Waals surface area contributed by atoms with Gasteiger partial charge in [0.2, 0.25) is 0 Å². The Labute approximate surface area is 272 Å². The first kappa shape index (κ1) is 31.4. The van der Waals surface area contributed by atoms with Crippen molar-refractivity contribution in [3.8, 4) is 57.2 Å². The van der Waals surface area contributed by atoms with Gasteiger partial charge in [0.15, 0.2) is 23.3 Å². The van der Waals surface area contributed by atoms with E-state index >= 15 is 0 Å². The lowest BCUT2D eigenvalue weighted by atomic mass is 9.92. The monoisotopic (exact) mass is 682 g/mol. The highest BCUT2D eigenvalue weighted by molar-refractivity contribution is 5.91. The molecule has 4 heterocycles. The summed E-state index contributed by atoms with van der Waals surface area (Å²) in [7, 11) is 0. The average molecular weight is 682 g/mol. The van der Waals surface area contributed by atoms with E-state index in [1.807, 2.05) is 0 Å². The first-order chi connectivity index (χ1) is 23.9. The van der Waals surface area contributed by atoms with Gasteiger partial charge >= 0.3 is 0 Å². The zero-order valence-corrected chi connectivity index (χ0v) is 24.1. The summed E-state index contributed by atoms with van der Waals surface area (Å²) in [5.41, 5.74) is -5.01. The van der Waals surface area contributed by atoms with Crippen LogP contribution in [0.4, 0.5) is 35.1 Å². The molecule has 0 saturated heterocycles. The summed E-state index contributed by atoms with van der Waals surface area (Å²) in [4.78, 5) is 28.4. The van der Waals surface area contributed by atoms with Crippen molar-refractivity contribution in [2.45, 2.75) is 12.8 Å². The summed E-state index contributed by atoms with van der Waals surface area (Å²) in [5, 5.41) is 19.8. The van der Waals surface area contributed by atoms with Crippen molar-refractivity contribution in [1.82, 2.24) is 29.9 Å². The minimum Gasteiger partial charge on any atom is -0.252 e. The second-order valence-electron chi connectivity index (χ2n) is 10.4. The SMILES string of the molecule is [C-]#[N+]C(C#N)=c1c2c(c(=C(C#N)[N+]#[C-])c3c1Cc1nc(-c4c(F)c(F)nc(F)c4F)cnc1-3)-c1ncc(-c3c(F)c(F)nc(F)c3F)nc1C2. The lowest BCUT2D eigenvalue weighted by Gasteiger charge is -2.12. The van der Waals surface area contributed by atoms with Gasteiger partial charge in [-0.15, -0.1) is 0 Å². The van der Waals surface area contributed by atoms with Gasteiger partial charge < -0.3 is 0 Å². The van der Waals surface area contributed by atoms with E-state index in [0.29, 0.717) is 0 Å². The molecule has 1 aromatic carbocycles. The van der Waals surface area contributed by atoms with Crippen LogP contribution in [-0.4, -0.2) is 29.9 Å². The zero-order chi connectivity index (χ0) is 35.8. The van der Waals surface area contributed by atoms with Crippen LogP contribution >= 0.6 is 0 Å². The molecule has 4 aromatic heterocycles. The van der Waals surface area contributed by atoms with Crippen molar-refractivity contribution >= 4 is 11.4 Å². The van der Waals surface area contributed by atoms with Gasteiger partial charge in [0.25, 0.3) is 35.2 Å². The molecule has 5 aromatic rings. The molecule has 0 aliphatic heterocycles. The molecule has 0 saturated carbocycles. The second kappa shape index (κ2) is 11.2. The fourth-order valence-corrected chi connectivity index (χ4v) is 6.05. The van der Waals surface area contributed by atoms with Crippen LogP contribution in [0.2, 0.25) is 0 Å². The molecular formula is C32H6F8N10. The number of nitriles is 2. The Morgan fingerprint density at radius 2 is 0.920 bits per heavy atom. The summed E-state index contributed by atoms with van der Waals surface area (Å²) < 4.78 is 114. The highest BCUT2D eigenvalue weighted by atomic mass is 19.2. The van der Waals surface area contributed by atoms with E-state index in [0.717, 1.165) is 12.4 Å². The van der Waals surface area contributed by atoms with Crippen LogP contribution in [0.3, 0.4) is 0 Å². The molecule has 0 amide bonds. The minimum absolute atomic E-state index is 0.0149. The van der Waals surface area contributed by atoms with E-state index in [1.54, 1.807) is 12.1 Å². The first-order valence-corrected chi connectivity index (χ1v) is 13.6. The molecule has 2 aliphatic carbocycles. The Morgan fingerprint density at radius 1 is 0.560 bits per heavy atom. The number of rotatable bonds is 2. The van der Waals surface area contributed by atoms with Crippen LogP contribution in [-0.2, 0) is 12.8 Å². The fraction of sp³-hybridized carbons (Fsp3) is 0.0625. The predicted molar refractivity (Wildman–Crippen MR) is 151 cm³/mol. The number of benzene rings is 1. The van der Waals surface area contributed by atoms with Crippen molar-refractivity contribution in [1.29, 1.82) is 10.5 Å². The molecule has 0 unspecified atom stereocenters. The van der Waals surface area contributed by atoms with Gasteiger partial charge in [0, 0.05) is 34.4 Å². The van der Waals surface area contributed by atoms with E-state index in [9.17, 15) is 45.6 Å². The molecule has 2 aliphatic rings. The van der Waals surface area contributed by atoms with E-state index < -0.39 is 81.0 Å². The summed E-state index contributed by atoms with van der Waals surface area (Å²) >= 11 is 0. The van der Waals surface area contributed by atoms with E-state index in [1.165, 1.54) is 0 Å². The highest BCUT2D eigenvalue weighted by Gasteiger charge is 2.36. The lowest BCUT2D eigenvalue weighted by Crippen LogP contribution is -2.26. The number of halogens is 8. The first-order valence-electron chi connectivity index (χ1n) is 13.6. The Bertz CT molecular complexity index is 2520. The maximum absolute atomic E-state index is 14.6. The molecule has 0 radical (unpaired) electrons. The normalized spacial score (nSPS) is 11.8. The third kappa shape index (κ3) is 4.29. The second-order valence-corrected chi connectivity index (χ2v) is 10.4.